The molecule has 16 heavy (non-hydrogen) atoms. The normalized spacial score (nSPS) is 11.1. The van der Waals surface area contributed by atoms with Gasteiger partial charge < -0.3 is 4.74 Å². The molecule has 0 saturated carbocycles. The van der Waals surface area contributed by atoms with Gasteiger partial charge in [-0.25, -0.2) is 0 Å². The first-order valence-corrected chi connectivity index (χ1v) is 4.35. The van der Waals surface area contributed by atoms with Crippen LogP contribution in [0.1, 0.15) is 10.4 Å². The van der Waals surface area contributed by atoms with Crippen LogP contribution in [0.4, 0.5) is 13.2 Å². The number of hydrogen-bond donors (Lipinski definition) is 0. The van der Waals surface area contributed by atoms with E-state index in [1.807, 2.05) is 0 Å². The van der Waals surface area contributed by atoms with Gasteiger partial charge in [-0.3, -0.25) is 9.69 Å². The first-order chi connectivity index (χ1) is 7.36. The van der Waals surface area contributed by atoms with Crippen molar-refractivity contribution in [1.29, 1.82) is 0 Å². The Morgan fingerprint density at radius 2 is 1.75 bits per heavy atom. The van der Waals surface area contributed by atoms with E-state index in [9.17, 15) is 18.0 Å². The van der Waals surface area contributed by atoms with E-state index in [4.69, 9.17) is 4.74 Å². The number of alkyl halides is 3. The van der Waals surface area contributed by atoms with Gasteiger partial charge in [0.2, 0.25) is 0 Å². The Labute approximate surface area is 90.4 Å². The molecule has 88 valence electrons. The van der Waals surface area contributed by atoms with Gasteiger partial charge in [0, 0.05) is 12.6 Å². The molecule has 0 aromatic heterocycles. The van der Waals surface area contributed by atoms with Gasteiger partial charge in [0.1, 0.15) is 5.75 Å². The second kappa shape index (κ2) is 4.42. The van der Waals surface area contributed by atoms with Crippen LogP contribution in [-0.4, -0.2) is 31.3 Å². The predicted molar refractivity (Wildman–Crippen MR) is 51.1 cm³/mol. The van der Waals surface area contributed by atoms with Crippen molar-refractivity contribution in [3.05, 3.63) is 29.8 Å². The smallest absolute Gasteiger partial charge is 0.487 e. The number of rotatable bonds is 2. The Morgan fingerprint density at radius 1 is 1.25 bits per heavy atom. The fraction of sp³-hybridized carbons (Fsp3) is 0.300. The van der Waals surface area contributed by atoms with Gasteiger partial charge in [0.15, 0.2) is 0 Å². The van der Waals surface area contributed by atoms with Gasteiger partial charge in [0.05, 0.1) is 7.11 Å². The van der Waals surface area contributed by atoms with Crippen molar-refractivity contribution in [2.24, 2.45) is 0 Å². The van der Waals surface area contributed by atoms with Crippen molar-refractivity contribution in [2.45, 2.75) is 6.30 Å². The summed E-state index contributed by atoms with van der Waals surface area (Å²) in [6.45, 7) is 0. The maximum absolute atomic E-state index is 12.2. The summed E-state index contributed by atoms with van der Waals surface area (Å²) in [5.41, 5.74) is -0.0411. The third kappa shape index (κ3) is 2.65. The molecule has 1 aromatic rings. The topological polar surface area (TPSA) is 29.5 Å². The van der Waals surface area contributed by atoms with Crippen LogP contribution in [0.25, 0.3) is 0 Å². The lowest BCUT2D eigenvalue weighted by atomic mass is 10.2. The third-order valence-corrected chi connectivity index (χ3v) is 2.02. The first kappa shape index (κ1) is 12.4. The van der Waals surface area contributed by atoms with Crippen LogP contribution in [0, 0.1) is 0 Å². The summed E-state index contributed by atoms with van der Waals surface area (Å²) < 4.78 is 41.5. The minimum Gasteiger partial charge on any atom is -0.497 e. The van der Waals surface area contributed by atoms with E-state index in [2.05, 4.69) is 0 Å². The zero-order valence-corrected chi connectivity index (χ0v) is 8.71. The summed E-state index contributed by atoms with van der Waals surface area (Å²) in [7, 11) is 2.12. The molecule has 1 aromatic carbocycles. The Kier molecular flexibility index (Phi) is 3.41. The highest BCUT2D eigenvalue weighted by molar-refractivity contribution is 5.94. The number of nitrogens with zero attached hydrogens (tertiary/aromatic N) is 1. The van der Waals surface area contributed by atoms with Crippen molar-refractivity contribution < 1.29 is 22.7 Å². The van der Waals surface area contributed by atoms with Crippen LogP contribution in [0.2, 0.25) is 0 Å². The third-order valence-electron chi connectivity index (χ3n) is 2.02. The van der Waals surface area contributed by atoms with Gasteiger partial charge in [-0.1, -0.05) is 0 Å². The number of amides is 1. The monoisotopic (exact) mass is 233 g/mol. The number of carbonyl (C=O) groups excluding carboxylic acids is 1. The summed E-state index contributed by atoms with van der Waals surface area (Å²) in [5, 5.41) is 0. The molecule has 0 fully saturated rings. The van der Waals surface area contributed by atoms with Gasteiger partial charge in [-0.2, -0.15) is 0 Å². The van der Waals surface area contributed by atoms with E-state index in [1.54, 1.807) is 0 Å². The van der Waals surface area contributed by atoms with Crippen molar-refractivity contribution in [2.75, 3.05) is 14.2 Å². The number of carbonyl (C=O) groups is 1. The second-order valence-electron chi connectivity index (χ2n) is 3.06. The van der Waals surface area contributed by atoms with Crippen LogP contribution < -0.4 is 4.74 Å². The molecule has 0 aliphatic rings. The molecule has 0 N–H and O–H groups in total. The van der Waals surface area contributed by atoms with Crippen LogP contribution in [0.15, 0.2) is 24.3 Å². The predicted octanol–water partition coefficient (Wildman–Crippen LogP) is 2.29. The van der Waals surface area contributed by atoms with Crippen molar-refractivity contribution in [3.63, 3.8) is 0 Å². The maximum Gasteiger partial charge on any atom is 0.487 e. The lowest BCUT2D eigenvalue weighted by molar-refractivity contribution is -0.216. The molecule has 0 unspecified atom stereocenters. The van der Waals surface area contributed by atoms with Gasteiger partial charge in [-0.05, 0) is 24.3 Å². The van der Waals surface area contributed by atoms with Crippen LogP contribution in [-0.2, 0) is 0 Å². The molecular formula is C10H10F3NO2. The molecule has 1 amide bonds. The minimum absolute atomic E-state index is 0.0411. The molecule has 1 rings (SSSR count). The van der Waals surface area contributed by atoms with Crippen molar-refractivity contribution in [1.82, 2.24) is 4.90 Å². The number of halogens is 3. The number of hydrogen-bond acceptors (Lipinski definition) is 2. The molecule has 0 spiro atoms. The fourth-order valence-electron chi connectivity index (χ4n) is 1.04. The molecule has 0 atom stereocenters. The molecular weight excluding hydrogens is 223 g/mol. The Bertz CT molecular complexity index is 373. The number of methoxy groups -OCH3 is 1. The second-order valence-corrected chi connectivity index (χ2v) is 3.06. The Hall–Kier alpha value is -1.72. The average molecular weight is 233 g/mol. The zero-order valence-electron chi connectivity index (χ0n) is 8.71. The van der Waals surface area contributed by atoms with E-state index >= 15 is 0 Å². The van der Waals surface area contributed by atoms with Crippen molar-refractivity contribution >= 4 is 5.91 Å². The average Bonchev–Trinajstić information content (AvgIpc) is 2.26. The summed E-state index contributed by atoms with van der Waals surface area (Å²) in [6, 6.07) is 5.42. The minimum atomic E-state index is -4.67. The van der Waals surface area contributed by atoms with E-state index in [1.165, 1.54) is 31.4 Å². The molecule has 0 bridgehead atoms. The van der Waals surface area contributed by atoms with Gasteiger partial charge >= 0.3 is 6.30 Å². The molecule has 0 aliphatic heterocycles. The highest BCUT2D eigenvalue weighted by atomic mass is 19.4. The molecule has 0 aliphatic carbocycles. The lowest BCUT2D eigenvalue weighted by Gasteiger charge is -2.19. The number of ether oxygens (including phenoxy) is 1. The van der Waals surface area contributed by atoms with Crippen LogP contribution in [0.3, 0.4) is 0 Å². The van der Waals surface area contributed by atoms with E-state index in [0.717, 1.165) is 0 Å². The van der Waals surface area contributed by atoms with E-state index < -0.39 is 12.2 Å². The largest absolute Gasteiger partial charge is 0.497 e. The Balaban J connectivity index is 2.88. The van der Waals surface area contributed by atoms with E-state index in [0.29, 0.717) is 12.8 Å². The number of benzene rings is 1. The standard InChI is InChI=1S/C10H10F3NO2/c1-14(10(11,12)13)9(15)7-3-5-8(16-2)6-4-7/h3-6H,1-2H3. The summed E-state index contributed by atoms with van der Waals surface area (Å²) in [6.07, 6.45) is -4.67. The highest BCUT2D eigenvalue weighted by Crippen LogP contribution is 2.22. The Morgan fingerprint density at radius 3 is 2.12 bits per heavy atom. The van der Waals surface area contributed by atoms with Crippen molar-refractivity contribution in [3.8, 4) is 5.75 Å². The van der Waals surface area contributed by atoms with Crippen LogP contribution >= 0.6 is 0 Å². The SMILES string of the molecule is COc1ccc(C(=O)N(C)C(F)(F)F)cc1. The molecule has 3 nitrogen and oxygen atoms in total. The first-order valence-electron chi connectivity index (χ1n) is 4.35. The quantitative estimate of drug-likeness (QED) is 0.733. The summed E-state index contributed by atoms with van der Waals surface area (Å²) >= 11 is 0. The summed E-state index contributed by atoms with van der Waals surface area (Å²) in [4.78, 5) is 11.1. The van der Waals surface area contributed by atoms with E-state index in [-0.39, 0.29) is 10.5 Å². The highest BCUT2D eigenvalue weighted by Gasteiger charge is 2.38. The van der Waals surface area contributed by atoms with Crippen LogP contribution in [0.5, 0.6) is 5.75 Å². The molecule has 0 saturated heterocycles. The lowest BCUT2D eigenvalue weighted by Crippen LogP contribution is -2.39. The molecule has 0 radical (unpaired) electrons. The molecule has 6 heteroatoms. The van der Waals surface area contributed by atoms with Gasteiger partial charge in [-0.15, -0.1) is 13.2 Å². The fourth-order valence-corrected chi connectivity index (χ4v) is 1.04. The molecule has 0 heterocycles. The van der Waals surface area contributed by atoms with Gasteiger partial charge in [0.25, 0.3) is 5.91 Å². The zero-order chi connectivity index (χ0) is 12.3. The summed E-state index contributed by atoms with van der Waals surface area (Å²) in [5.74, 6) is -0.624. The maximum atomic E-state index is 12.2.